The number of nitrogens with zero attached hydrogens (tertiary/aromatic N) is 1. The van der Waals surface area contributed by atoms with Gasteiger partial charge in [-0.15, -0.1) is 0 Å². The molecule has 26 heavy (non-hydrogen) atoms. The first-order valence-electron chi connectivity index (χ1n) is 8.60. The van der Waals surface area contributed by atoms with Crippen molar-refractivity contribution in [3.05, 3.63) is 24.2 Å². The molecule has 1 aliphatic rings. The Hall–Kier alpha value is -2.82. The Kier molecular flexibility index (Phi) is 6.39. The monoisotopic (exact) mass is 361 g/mol. The van der Waals surface area contributed by atoms with Crippen LogP contribution in [0.3, 0.4) is 0 Å². The summed E-state index contributed by atoms with van der Waals surface area (Å²) in [6, 6.07) is 4.27. The summed E-state index contributed by atoms with van der Waals surface area (Å²) in [5, 5.41) is 14.5. The van der Waals surface area contributed by atoms with E-state index in [4.69, 9.17) is 9.15 Å². The van der Waals surface area contributed by atoms with Crippen molar-refractivity contribution in [1.29, 1.82) is 5.26 Å². The second-order valence-electron chi connectivity index (χ2n) is 6.73. The van der Waals surface area contributed by atoms with Crippen LogP contribution in [0.1, 0.15) is 50.1 Å². The smallest absolute Gasteiger partial charge is 0.329 e. The minimum absolute atomic E-state index is 0.0818. The van der Waals surface area contributed by atoms with Crippen molar-refractivity contribution in [2.45, 2.75) is 51.1 Å². The zero-order valence-electron chi connectivity index (χ0n) is 14.9. The molecule has 8 nitrogen and oxygen atoms in total. The topological polar surface area (TPSA) is 121 Å². The zero-order valence-corrected chi connectivity index (χ0v) is 14.9. The molecule has 1 atom stereocenters. The standard InChI is InChI=1S/C18H23N3O5/c1-12(2)15(20-16(23)13-6-5-9-25-13)17(24)26-10-14(22)21-18(11-19)7-3-4-8-18/h5-6,9,12,15H,3-4,7-8,10H2,1-2H3,(H,20,23)(H,21,22)/t15-/m0/s1. The summed E-state index contributed by atoms with van der Waals surface area (Å²) in [6.07, 6.45) is 4.30. The Morgan fingerprint density at radius 1 is 1.35 bits per heavy atom. The summed E-state index contributed by atoms with van der Waals surface area (Å²) >= 11 is 0. The molecule has 2 amide bonds. The number of esters is 1. The number of carbonyl (C=O) groups is 3. The average Bonchev–Trinajstić information content (AvgIpc) is 3.29. The fraction of sp³-hybridized carbons (Fsp3) is 0.556. The summed E-state index contributed by atoms with van der Waals surface area (Å²) in [4.78, 5) is 36.3. The highest BCUT2D eigenvalue weighted by Gasteiger charge is 2.36. The molecule has 2 rings (SSSR count). The van der Waals surface area contributed by atoms with Gasteiger partial charge in [0.15, 0.2) is 12.4 Å². The molecule has 1 aromatic heterocycles. The summed E-state index contributed by atoms with van der Waals surface area (Å²) in [5.41, 5.74) is -0.867. The molecule has 0 bridgehead atoms. The van der Waals surface area contributed by atoms with Gasteiger partial charge >= 0.3 is 5.97 Å². The molecular formula is C18H23N3O5. The molecule has 0 unspecified atom stereocenters. The molecule has 1 heterocycles. The lowest BCUT2D eigenvalue weighted by Gasteiger charge is -2.23. The van der Waals surface area contributed by atoms with Gasteiger partial charge in [-0.05, 0) is 43.7 Å². The highest BCUT2D eigenvalue weighted by atomic mass is 16.5. The number of rotatable bonds is 7. The van der Waals surface area contributed by atoms with E-state index < -0.39 is 36.0 Å². The van der Waals surface area contributed by atoms with Crippen LogP contribution in [0, 0.1) is 17.2 Å². The van der Waals surface area contributed by atoms with Crippen molar-refractivity contribution in [2.24, 2.45) is 5.92 Å². The number of hydrogen-bond acceptors (Lipinski definition) is 6. The number of amides is 2. The van der Waals surface area contributed by atoms with E-state index in [1.54, 1.807) is 19.9 Å². The van der Waals surface area contributed by atoms with E-state index in [2.05, 4.69) is 16.7 Å². The minimum atomic E-state index is -0.920. The van der Waals surface area contributed by atoms with Gasteiger partial charge in [-0.2, -0.15) is 5.26 Å². The lowest BCUT2D eigenvalue weighted by Crippen LogP contribution is -2.49. The molecule has 1 fully saturated rings. The van der Waals surface area contributed by atoms with Gasteiger partial charge in [0.2, 0.25) is 0 Å². The molecule has 0 aliphatic heterocycles. The Morgan fingerprint density at radius 3 is 2.58 bits per heavy atom. The number of carbonyl (C=O) groups excluding carboxylic acids is 3. The molecular weight excluding hydrogens is 338 g/mol. The number of nitriles is 1. The zero-order chi connectivity index (χ0) is 19.2. The second kappa shape index (κ2) is 8.52. The van der Waals surface area contributed by atoms with Crippen LogP contribution in [0.25, 0.3) is 0 Å². The number of hydrogen-bond donors (Lipinski definition) is 2. The number of furan rings is 1. The van der Waals surface area contributed by atoms with Crippen molar-refractivity contribution in [2.75, 3.05) is 6.61 Å². The maximum atomic E-state index is 12.3. The third-order valence-electron chi connectivity index (χ3n) is 4.35. The van der Waals surface area contributed by atoms with Gasteiger partial charge in [-0.3, -0.25) is 9.59 Å². The van der Waals surface area contributed by atoms with Crippen molar-refractivity contribution in [3.8, 4) is 6.07 Å². The van der Waals surface area contributed by atoms with Crippen LogP contribution >= 0.6 is 0 Å². The van der Waals surface area contributed by atoms with Gasteiger partial charge in [-0.1, -0.05) is 13.8 Å². The Balaban J connectivity index is 1.88. The first kappa shape index (κ1) is 19.5. The van der Waals surface area contributed by atoms with Crippen LogP contribution in [-0.2, 0) is 14.3 Å². The van der Waals surface area contributed by atoms with Crippen LogP contribution in [0.2, 0.25) is 0 Å². The lowest BCUT2D eigenvalue weighted by atomic mass is 10.00. The summed E-state index contributed by atoms with van der Waals surface area (Å²) in [7, 11) is 0. The van der Waals surface area contributed by atoms with Crippen LogP contribution in [0.4, 0.5) is 0 Å². The third kappa shape index (κ3) is 4.85. The molecule has 0 saturated heterocycles. The fourth-order valence-electron chi connectivity index (χ4n) is 2.89. The van der Waals surface area contributed by atoms with E-state index in [1.165, 1.54) is 12.3 Å². The SMILES string of the molecule is CC(C)[C@H](NC(=O)c1ccco1)C(=O)OCC(=O)NC1(C#N)CCCC1. The Bertz CT molecular complexity index is 684. The van der Waals surface area contributed by atoms with E-state index in [0.29, 0.717) is 12.8 Å². The molecule has 2 N–H and O–H groups in total. The van der Waals surface area contributed by atoms with Crippen molar-refractivity contribution in [1.82, 2.24) is 10.6 Å². The number of ether oxygens (including phenoxy) is 1. The Morgan fingerprint density at radius 2 is 2.04 bits per heavy atom. The summed E-state index contributed by atoms with van der Waals surface area (Å²) < 4.78 is 10.0. The van der Waals surface area contributed by atoms with Crippen molar-refractivity contribution < 1.29 is 23.5 Å². The van der Waals surface area contributed by atoms with Gasteiger partial charge in [0.1, 0.15) is 11.6 Å². The first-order chi connectivity index (χ1) is 12.4. The second-order valence-corrected chi connectivity index (χ2v) is 6.73. The normalized spacial score (nSPS) is 16.5. The molecule has 140 valence electrons. The van der Waals surface area contributed by atoms with Crippen LogP contribution in [0.15, 0.2) is 22.8 Å². The highest BCUT2D eigenvalue weighted by molar-refractivity contribution is 5.94. The highest BCUT2D eigenvalue weighted by Crippen LogP contribution is 2.28. The van der Waals surface area contributed by atoms with Crippen molar-refractivity contribution in [3.63, 3.8) is 0 Å². The maximum absolute atomic E-state index is 12.3. The predicted molar refractivity (Wildman–Crippen MR) is 90.7 cm³/mol. The predicted octanol–water partition coefficient (Wildman–Crippen LogP) is 1.53. The molecule has 0 aromatic carbocycles. The largest absolute Gasteiger partial charge is 0.459 e. The minimum Gasteiger partial charge on any atom is -0.459 e. The van der Waals surface area contributed by atoms with Crippen LogP contribution in [-0.4, -0.2) is 36.0 Å². The number of nitrogens with one attached hydrogen (secondary N) is 2. The van der Waals surface area contributed by atoms with Crippen molar-refractivity contribution >= 4 is 17.8 Å². The van der Waals surface area contributed by atoms with Gasteiger partial charge in [0, 0.05) is 0 Å². The first-order valence-corrected chi connectivity index (χ1v) is 8.60. The Labute approximate surface area is 151 Å². The van der Waals surface area contributed by atoms with Gasteiger partial charge in [-0.25, -0.2) is 4.79 Å². The summed E-state index contributed by atoms with van der Waals surface area (Å²) in [6.45, 7) is 3.00. The molecule has 1 aromatic rings. The lowest BCUT2D eigenvalue weighted by molar-refractivity contribution is -0.151. The van der Waals surface area contributed by atoms with Gasteiger partial charge in [0.05, 0.1) is 12.3 Å². The average molecular weight is 361 g/mol. The van der Waals surface area contributed by atoms with E-state index in [1.807, 2.05) is 0 Å². The van der Waals surface area contributed by atoms with E-state index in [0.717, 1.165) is 12.8 Å². The summed E-state index contributed by atoms with van der Waals surface area (Å²) in [5.74, 6) is -1.94. The molecule has 1 aliphatic carbocycles. The van der Waals surface area contributed by atoms with Crippen LogP contribution in [0.5, 0.6) is 0 Å². The molecule has 0 spiro atoms. The molecule has 1 saturated carbocycles. The van der Waals surface area contributed by atoms with Gasteiger partial charge in [0.25, 0.3) is 11.8 Å². The maximum Gasteiger partial charge on any atom is 0.329 e. The fourth-order valence-corrected chi connectivity index (χ4v) is 2.89. The van der Waals surface area contributed by atoms with Gasteiger partial charge < -0.3 is 19.8 Å². The quantitative estimate of drug-likeness (QED) is 0.710. The molecule has 0 radical (unpaired) electrons. The van der Waals surface area contributed by atoms with E-state index in [-0.39, 0.29) is 11.7 Å². The van der Waals surface area contributed by atoms with E-state index >= 15 is 0 Å². The van der Waals surface area contributed by atoms with E-state index in [9.17, 15) is 19.6 Å². The van der Waals surface area contributed by atoms with Crippen LogP contribution < -0.4 is 10.6 Å². The molecule has 8 heteroatoms. The third-order valence-corrected chi connectivity index (χ3v) is 4.35.